The molecule has 2 rings (SSSR count). The summed E-state index contributed by atoms with van der Waals surface area (Å²) in [5, 5.41) is 3.30. The molecular weight excluding hydrogens is 305 g/mol. The molecule has 1 aromatic carbocycles. The lowest BCUT2D eigenvalue weighted by atomic mass is 10.2. The first-order valence-corrected chi connectivity index (χ1v) is 6.71. The fraction of sp³-hybridized carbons (Fsp3) is 0.571. The van der Waals surface area contributed by atoms with Gasteiger partial charge in [-0.1, -0.05) is 0 Å². The van der Waals surface area contributed by atoms with E-state index in [4.69, 9.17) is 4.74 Å². The van der Waals surface area contributed by atoms with Gasteiger partial charge in [0.2, 0.25) is 0 Å². The van der Waals surface area contributed by atoms with Crippen molar-refractivity contribution in [2.24, 2.45) is 0 Å². The molecule has 1 aliphatic heterocycles. The minimum absolute atomic E-state index is 0. The van der Waals surface area contributed by atoms with Crippen LogP contribution in [0.5, 0.6) is 5.75 Å². The normalized spacial score (nSPS) is 19.9. The van der Waals surface area contributed by atoms with Crippen molar-refractivity contribution in [1.82, 2.24) is 10.2 Å². The molecule has 1 N–H and O–H groups in total. The highest BCUT2D eigenvalue weighted by molar-refractivity contribution is 5.85. The Balaban J connectivity index is 0.00000220. The van der Waals surface area contributed by atoms with Crippen LogP contribution < -0.4 is 10.1 Å². The molecule has 1 aliphatic rings. The van der Waals surface area contributed by atoms with Crippen molar-refractivity contribution in [1.29, 1.82) is 0 Å². The number of nitrogens with one attached hydrogen (secondary N) is 1. The van der Waals surface area contributed by atoms with Gasteiger partial charge in [-0.2, -0.15) is 13.2 Å². The lowest BCUT2D eigenvalue weighted by Crippen LogP contribution is -2.50. The highest BCUT2D eigenvalue weighted by Gasteiger charge is 2.30. The topological polar surface area (TPSA) is 24.5 Å². The summed E-state index contributed by atoms with van der Waals surface area (Å²) in [6.07, 6.45) is -4.30. The van der Waals surface area contributed by atoms with Crippen LogP contribution in [0.4, 0.5) is 13.2 Å². The highest BCUT2D eigenvalue weighted by Crippen LogP contribution is 2.30. The molecule has 0 bridgehead atoms. The van der Waals surface area contributed by atoms with Gasteiger partial charge in [0.15, 0.2) is 0 Å². The van der Waals surface area contributed by atoms with Gasteiger partial charge in [-0.25, -0.2) is 0 Å². The lowest BCUT2D eigenvalue weighted by molar-refractivity contribution is -0.137. The van der Waals surface area contributed by atoms with Gasteiger partial charge in [0.25, 0.3) is 0 Å². The molecule has 1 atom stereocenters. The largest absolute Gasteiger partial charge is 0.492 e. The number of nitrogens with zero attached hydrogens (tertiary/aromatic N) is 1. The van der Waals surface area contributed by atoms with Crippen molar-refractivity contribution in [3.8, 4) is 5.75 Å². The van der Waals surface area contributed by atoms with E-state index in [9.17, 15) is 13.2 Å². The Morgan fingerprint density at radius 1 is 1.29 bits per heavy atom. The monoisotopic (exact) mass is 324 g/mol. The first kappa shape index (κ1) is 18.1. The number of alkyl halides is 3. The lowest BCUT2D eigenvalue weighted by Gasteiger charge is -2.33. The zero-order chi connectivity index (χ0) is 14.6. The molecule has 1 heterocycles. The van der Waals surface area contributed by atoms with Gasteiger partial charge in [-0.15, -0.1) is 12.4 Å². The van der Waals surface area contributed by atoms with Crippen LogP contribution in [-0.2, 0) is 6.18 Å². The SMILES string of the molecule is C[C@@H]1CNCCN1CCOc1ccc(C(F)(F)F)cc1.Cl. The van der Waals surface area contributed by atoms with Gasteiger partial charge in [-0.3, -0.25) is 4.90 Å². The quantitative estimate of drug-likeness (QED) is 0.921. The second kappa shape index (κ2) is 7.87. The molecule has 0 unspecified atom stereocenters. The first-order valence-electron chi connectivity index (χ1n) is 6.71. The predicted octanol–water partition coefficient (Wildman–Crippen LogP) is 2.80. The Morgan fingerprint density at radius 2 is 1.95 bits per heavy atom. The van der Waals surface area contributed by atoms with E-state index in [-0.39, 0.29) is 12.4 Å². The van der Waals surface area contributed by atoms with Gasteiger partial charge in [-0.05, 0) is 31.2 Å². The minimum Gasteiger partial charge on any atom is -0.492 e. The standard InChI is InChI=1S/C14H19F3N2O.ClH/c1-11-10-18-6-7-19(11)8-9-20-13-4-2-12(3-5-13)14(15,16)17;/h2-5,11,18H,6-10H2,1H3;1H/t11-;/m1./s1. The third-order valence-electron chi connectivity index (χ3n) is 3.47. The second-order valence-corrected chi connectivity index (χ2v) is 4.96. The van der Waals surface area contributed by atoms with E-state index in [1.54, 1.807) is 0 Å². The molecule has 120 valence electrons. The summed E-state index contributed by atoms with van der Waals surface area (Å²) in [7, 11) is 0. The van der Waals surface area contributed by atoms with Crippen molar-refractivity contribution in [3.05, 3.63) is 29.8 Å². The molecule has 0 radical (unpaired) electrons. The van der Waals surface area contributed by atoms with E-state index in [0.29, 0.717) is 18.4 Å². The fourth-order valence-corrected chi connectivity index (χ4v) is 2.24. The number of rotatable bonds is 4. The van der Waals surface area contributed by atoms with Crippen LogP contribution >= 0.6 is 12.4 Å². The van der Waals surface area contributed by atoms with Crippen molar-refractivity contribution in [2.75, 3.05) is 32.8 Å². The molecule has 3 nitrogen and oxygen atoms in total. The van der Waals surface area contributed by atoms with Crippen molar-refractivity contribution in [2.45, 2.75) is 19.1 Å². The zero-order valence-corrected chi connectivity index (χ0v) is 12.6. The number of piperazine rings is 1. The second-order valence-electron chi connectivity index (χ2n) is 4.96. The Hall–Kier alpha value is -0.980. The van der Waals surface area contributed by atoms with Crippen molar-refractivity contribution < 1.29 is 17.9 Å². The molecule has 0 aromatic heterocycles. The third-order valence-corrected chi connectivity index (χ3v) is 3.47. The van der Waals surface area contributed by atoms with Gasteiger partial charge in [0.05, 0.1) is 5.56 Å². The predicted molar refractivity (Wildman–Crippen MR) is 78.1 cm³/mol. The van der Waals surface area contributed by atoms with Gasteiger partial charge in [0.1, 0.15) is 12.4 Å². The maximum Gasteiger partial charge on any atom is 0.416 e. The summed E-state index contributed by atoms with van der Waals surface area (Å²) in [5.74, 6) is 0.473. The maximum absolute atomic E-state index is 12.4. The number of hydrogen-bond acceptors (Lipinski definition) is 3. The van der Waals surface area contributed by atoms with E-state index in [0.717, 1.165) is 38.3 Å². The highest BCUT2D eigenvalue weighted by atomic mass is 35.5. The fourth-order valence-electron chi connectivity index (χ4n) is 2.24. The van der Waals surface area contributed by atoms with Gasteiger partial charge < -0.3 is 10.1 Å². The molecule has 21 heavy (non-hydrogen) atoms. The molecule has 0 aliphatic carbocycles. The van der Waals surface area contributed by atoms with Crippen LogP contribution in [0.15, 0.2) is 24.3 Å². The van der Waals surface area contributed by atoms with E-state index in [2.05, 4.69) is 17.1 Å². The summed E-state index contributed by atoms with van der Waals surface area (Å²) in [5.41, 5.74) is -0.652. The molecule has 1 aromatic rings. The van der Waals surface area contributed by atoms with Crippen LogP contribution in [0.3, 0.4) is 0 Å². The van der Waals surface area contributed by atoms with Crippen LogP contribution in [0.2, 0.25) is 0 Å². The van der Waals surface area contributed by atoms with E-state index >= 15 is 0 Å². The average molecular weight is 325 g/mol. The summed E-state index contributed by atoms with van der Waals surface area (Å²) in [6, 6.07) is 5.28. The van der Waals surface area contributed by atoms with Crippen molar-refractivity contribution in [3.63, 3.8) is 0 Å². The molecule has 0 spiro atoms. The number of benzene rings is 1. The molecule has 0 saturated carbocycles. The molecule has 7 heteroatoms. The smallest absolute Gasteiger partial charge is 0.416 e. The zero-order valence-electron chi connectivity index (χ0n) is 11.8. The number of halogens is 4. The first-order chi connectivity index (χ1) is 9.47. The Bertz CT molecular complexity index is 425. The molecule has 1 fully saturated rings. The van der Waals surface area contributed by atoms with Gasteiger partial charge >= 0.3 is 6.18 Å². The summed E-state index contributed by atoms with van der Waals surface area (Å²) >= 11 is 0. The van der Waals surface area contributed by atoms with Crippen LogP contribution in [0.25, 0.3) is 0 Å². The third kappa shape index (κ3) is 5.37. The van der Waals surface area contributed by atoms with Crippen LogP contribution in [0.1, 0.15) is 12.5 Å². The van der Waals surface area contributed by atoms with Gasteiger partial charge in [0, 0.05) is 32.2 Å². The Morgan fingerprint density at radius 3 is 2.52 bits per heavy atom. The average Bonchev–Trinajstić information content (AvgIpc) is 2.40. The maximum atomic E-state index is 12.4. The minimum atomic E-state index is -4.30. The molecule has 1 saturated heterocycles. The molecular formula is C14H20ClF3N2O. The van der Waals surface area contributed by atoms with Crippen LogP contribution in [0, 0.1) is 0 Å². The summed E-state index contributed by atoms with van der Waals surface area (Å²) < 4.78 is 42.7. The Kier molecular flexibility index (Phi) is 6.77. The van der Waals surface area contributed by atoms with Crippen LogP contribution in [-0.4, -0.2) is 43.7 Å². The van der Waals surface area contributed by atoms with E-state index in [1.165, 1.54) is 12.1 Å². The van der Waals surface area contributed by atoms with Crippen molar-refractivity contribution >= 4 is 12.4 Å². The summed E-state index contributed by atoms with van der Waals surface area (Å²) in [4.78, 5) is 2.31. The Labute approximate surface area is 128 Å². The summed E-state index contributed by atoms with van der Waals surface area (Å²) in [6.45, 7) is 6.30. The number of hydrogen-bond donors (Lipinski definition) is 1. The number of ether oxygens (including phenoxy) is 1. The van der Waals surface area contributed by atoms with E-state index < -0.39 is 11.7 Å². The molecule has 0 amide bonds. The van der Waals surface area contributed by atoms with E-state index in [1.807, 2.05) is 0 Å².